The molecule has 0 aliphatic rings. The Morgan fingerprint density at radius 2 is 1.05 bits per heavy atom. The summed E-state index contributed by atoms with van der Waals surface area (Å²) < 4.78 is 10.9. The summed E-state index contributed by atoms with van der Waals surface area (Å²) in [4.78, 5) is 5.18. The Kier molecular flexibility index (Phi) is 4.02. The average molecular weight is 500 g/mol. The zero-order valence-corrected chi connectivity index (χ0v) is 20.9. The first-order chi connectivity index (χ1) is 19.3. The standard InChI is InChI=1S/C35H21N3O/c1-2-10-22(11-3-1)37-28-15-7-4-12-24(28)27-20-23(18-19-30(27)37)38-29-16-8-5-13-25(29)34-31(38)21-33-35(36-34)26-14-6-9-17-32(26)39-33/h1-21H. The number of aromatic nitrogens is 3. The van der Waals surface area contributed by atoms with Crippen LogP contribution in [-0.2, 0) is 0 Å². The quantitative estimate of drug-likeness (QED) is 0.238. The van der Waals surface area contributed by atoms with Gasteiger partial charge in [0.15, 0.2) is 5.58 Å². The highest BCUT2D eigenvalue weighted by molar-refractivity contribution is 6.14. The van der Waals surface area contributed by atoms with Crippen LogP contribution in [0, 0.1) is 0 Å². The fourth-order valence-electron chi connectivity index (χ4n) is 6.23. The molecule has 0 N–H and O–H groups in total. The summed E-state index contributed by atoms with van der Waals surface area (Å²) in [5.41, 5.74) is 10.4. The van der Waals surface area contributed by atoms with Crippen LogP contribution in [0.2, 0.25) is 0 Å². The average Bonchev–Trinajstić information content (AvgIpc) is 3.63. The third-order valence-electron chi connectivity index (χ3n) is 7.90. The number of hydrogen-bond acceptors (Lipinski definition) is 2. The number of benzene rings is 5. The molecule has 0 aliphatic carbocycles. The molecular weight excluding hydrogens is 478 g/mol. The van der Waals surface area contributed by atoms with E-state index in [1.165, 1.54) is 21.8 Å². The fourth-order valence-corrected chi connectivity index (χ4v) is 6.23. The van der Waals surface area contributed by atoms with Crippen molar-refractivity contribution in [3.8, 4) is 11.4 Å². The van der Waals surface area contributed by atoms with Crippen LogP contribution in [0.15, 0.2) is 132 Å². The van der Waals surface area contributed by atoms with Gasteiger partial charge in [0.1, 0.15) is 11.1 Å². The Hall–Kier alpha value is -5.35. The highest BCUT2D eigenvalue weighted by atomic mass is 16.3. The van der Waals surface area contributed by atoms with Crippen LogP contribution in [0.4, 0.5) is 0 Å². The minimum absolute atomic E-state index is 0.800. The Morgan fingerprint density at radius 1 is 0.410 bits per heavy atom. The molecular formula is C35H21N3O. The zero-order chi connectivity index (χ0) is 25.5. The number of rotatable bonds is 2. The summed E-state index contributed by atoms with van der Waals surface area (Å²) >= 11 is 0. The lowest BCUT2D eigenvalue weighted by Gasteiger charge is -2.10. The molecule has 39 heavy (non-hydrogen) atoms. The topological polar surface area (TPSA) is 35.9 Å². The molecule has 0 unspecified atom stereocenters. The molecule has 4 nitrogen and oxygen atoms in total. The molecule has 182 valence electrons. The Bertz CT molecular complexity index is 2390. The second-order valence-corrected chi connectivity index (χ2v) is 10.0. The van der Waals surface area contributed by atoms with E-state index in [4.69, 9.17) is 9.40 Å². The van der Waals surface area contributed by atoms with Gasteiger partial charge in [-0.3, -0.25) is 0 Å². The van der Waals surface area contributed by atoms with Crippen molar-refractivity contribution >= 4 is 65.8 Å². The van der Waals surface area contributed by atoms with Crippen LogP contribution >= 0.6 is 0 Å². The Balaban J connectivity index is 1.39. The van der Waals surface area contributed by atoms with E-state index in [1.54, 1.807) is 0 Å². The monoisotopic (exact) mass is 499 g/mol. The molecule has 0 fully saturated rings. The number of nitrogens with zero attached hydrogens (tertiary/aromatic N) is 3. The van der Waals surface area contributed by atoms with Gasteiger partial charge in [0, 0.05) is 39.0 Å². The highest BCUT2D eigenvalue weighted by Crippen LogP contribution is 2.38. The maximum atomic E-state index is 6.25. The largest absolute Gasteiger partial charge is 0.454 e. The van der Waals surface area contributed by atoms with E-state index in [9.17, 15) is 0 Å². The summed E-state index contributed by atoms with van der Waals surface area (Å²) in [6, 6.07) is 44.8. The van der Waals surface area contributed by atoms with E-state index in [0.717, 1.165) is 55.4 Å². The van der Waals surface area contributed by atoms with Crippen molar-refractivity contribution in [1.29, 1.82) is 0 Å². The van der Waals surface area contributed by atoms with Gasteiger partial charge in [0.2, 0.25) is 0 Å². The molecule has 0 saturated carbocycles. The summed E-state index contributed by atoms with van der Waals surface area (Å²) in [6.07, 6.45) is 0. The molecule has 0 aliphatic heterocycles. The van der Waals surface area contributed by atoms with Crippen LogP contribution in [0.25, 0.3) is 77.2 Å². The Labute approximate surface area is 222 Å². The predicted octanol–water partition coefficient (Wildman–Crippen LogP) is 9.18. The minimum atomic E-state index is 0.800. The van der Waals surface area contributed by atoms with Crippen molar-refractivity contribution in [2.24, 2.45) is 0 Å². The lowest BCUT2D eigenvalue weighted by Crippen LogP contribution is -1.95. The van der Waals surface area contributed by atoms with E-state index >= 15 is 0 Å². The highest BCUT2D eigenvalue weighted by Gasteiger charge is 2.19. The Morgan fingerprint density at radius 3 is 1.90 bits per heavy atom. The summed E-state index contributed by atoms with van der Waals surface area (Å²) in [5, 5.41) is 4.63. The molecule has 5 aromatic carbocycles. The lowest BCUT2D eigenvalue weighted by molar-refractivity contribution is 0.668. The van der Waals surface area contributed by atoms with Gasteiger partial charge in [-0.25, -0.2) is 4.98 Å². The molecule has 0 saturated heterocycles. The van der Waals surface area contributed by atoms with Crippen LogP contribution in [0.1, 0.15) is 0 Å². The fraction of sp³-hybridized carbons (Fsp3) is 0. The number of hydrogen-bond donors (Lipinski definition) is 0. The SMILES string of the molecule is c1ccc(-n2c3ccccc3c3cc(-n4c5ccccc5c5nc6c(cc54)oc4ccccc46)ccc32)cc1. The van der Waals surface area contributed by atoms with E-state index < -0.39 is 0 Å². The van der Waals surface area contributed by atoms with E-state index in [1.807, 2.05) is 18.2 Å². The maximum absolute atomic E-state index is 6.25. The minimum Gasteiger partial charge on any atom is -0.454 e. The van der Waals surface area contributed by atoms with E-state index in [-0.39, 0.29) is 0 Å². The number of para-hydroxylation sites is 4. The van der Waals surface area contributed by atoms with Crippen molar-refractivity contribution < 1.29 is 4.42 Å². The van der Waals surface area contributed by atoms with Crippen molar-refractivity contribution in [3.05, 3.63) is 127 Å². The van der Waals surface area contributed by atoms with Gasteiger partial charge in [-0.1, -0.05) is 66.7 Å². The van der Waals surface area contributed by atoms with Crippen LogP contribution in [-0.4, -0.2) is 14.1 Å². The molecule has 9 rings (SSSR count). The van der Waals surface area contributed by atoms with Gasteiger partial charge >= 0.3 is 0 Å². The van der Waals surface area contributed by atoms with Crippen molar-refractivity contribution in [2.45, 2.75) is 0 Å². The number of fused-ring (bicyclic) bond motifs is 9. The van der Waals surface area contributed by atoms with Gasteiger partial charge in [-0.05, 0) is 54.6 Å². The van der Waals surface area contributed by atoms with Gasteiger partial charge in [-0.2, -0.15) is 0 Å². The second kappa shape index (κ2) is 7.59. The first kappa shape index (κ1) is 20.7. The third-order valence-corrected chi connectivity index (χ3v) is 7.90. The maximum Gasteiger partial charge on any atom is 0.156 e. The lowest BCUT2D eigenvalue weighted by atomic mass is 10.1. The van der Waals surface area contributed by atoms with Crippen molar-refractivity contribution in [1.82, 2.24) is 14.1 Å². The molecule has 0 atom stereocenters. The van der Waals surface area contributed by atoms with Crippen molar-refractivity contribution in [2.75, 3.05) is 0 Å². The molecule has 0 radical (unpaired) electrons. The summed E-state index contributed by atoms with van der Waals surface area (Å²) in [6.45, 7) is 0. The molecule has 4 aromatic heterocycles. The number of pyridine rings is 1. The molecule has 4 heteroatoms. The number of furan rings is 1. The van der Waals surface area contributed by atoms with Gasteiger partial charge in [0.05, 0.1) is 27.6 Å². The summed E-state index contributed by atoms with van der Waals surface area (Å²) in [5.74, 6) is 0. The van der Waals surface area contributed by atoms with Crippen LogP contribution in [0.3, 0.4) is 0 Å². The van der Waals surface area contributed by atoms with Crippen molar-refractivity contribution in [3.63, 3.8) is 0 Å². The van der Waals surface area contributed by atoms with E-state index in [2.05, 4.69) is 118 Å². The van der Waals surface area contributed by atoms with Gasteiger partial charge in [-0.15, -0.1) is 0 Å². The molecule has 0 amide bonds. The molecule has 0 spiro atoms. The first-order valence-electron chi connectivity index (χ1n) is 13.2. The molecule has 4 heterocycles. The van der Waals surface area contributed by atoms with Gasteiger partial charge in [0.25, 0.3) is 0 Å². The smallest absolute Gasteiger partial charge is 0.156 e. The predicted molar refractivity (Wildman–Crippen MR) is 160 cm³/mol. The third kappa shape index (κ3) is 2.80. The zero-order valence-electron chi connectivity index (χ0n) is 20.9. The van der Waals surface area contributed by atoms with E-state index in [0.29, 0.717) is 0 Å². The molecule has 0 bridgehead atoms. The molecule has 9 aromatic rings. The second-order valence-electron chi connectivity index (χ2n) is 10.0. The van der Waals surface area contributed by atoms with Crippen LogP contribution < -0.4 is 0 Å². The van der Waals surface area contributed by atoms with Gasteiger partial charge < -0.3 is 13.6 Å². The van der Waals surface area contributed by atoms with Crippen LogP contribution in [0.5, 0.6) is 0 Å². The summed E-state index contributed by atoms with van der Waals surface area (Å²) in [7, 11) is 0. The normalized spacial score (nSPS) is 12.1. The first-order valence-corrected chi connectivity index (χ1v) is 13.2.